The number of benzene rings is 1. The van der Waals surface area contributed by atoms with Crippen LogP contribution in [0.2, 0.25) is 0 Å². The number of imidazole rings is 1. The summed E-state index contributed by atoms with van der Waals surface area (Å²) in [5.41, 5.74) is 7.38. The zero-order valence-electron chi connectivity index (χ0n) is 13.4. The normalized spacial score (nSPS) is 14.0. The van der Waals surface area contributed by atoms with E-state index in [2.05, 4.69) is 25.3 Å². The van der Waals surface area contributed by atoms with Gasteiger partial charge in [0.25, 0.3) is 0 Å². The Balaban J connectivity index is 2.01. The van der Waals surface area contributed by atoms with E-state index in [-0.39, 0.29) is 12.2 Å². The van der Waals surface area contributed by atoms with E-state index in [0.29, 0.717) is 19.8 Å². The first-order valence-electron chi connectivity index (χ1n) is 7.59. The van der Waals surface area contributed by atoms with Crippen molar-refractivity contribution in [3.63, 3.8) is 0 Å². The summed E-state index contributed by atoms with van der Waals surface area (Å²) in [6.07, 6.45) is 0. The third kappa shape index (κ3) is 2.76. The van der Waals surface area contributed by atoms with Crippen LogP contribution >= 0.6 is 0 Å². The molecule has 0 spiro atoms. The van der Waals surface area contributed by atoms with E-state index in [0.717, 1.165) is 34.9 Å². The number of ether oxygens (including phenoxy) is 3. The molecule has 1 aliphatic heterocycles. The molecule has 1 aliphatic rings. The summed E-state index contributed by atoms with van der Waals surface area (Å²) in [6, 6.07) is 3.95. The van der Waals surface area contributed by atoms with Crippen LogP contribution in [0.1, 0.15) is 26.6 Å². The van der Waals surface area contributed by atoms with E-state index in [1.54, 1.807) is 0 Å². The van der Waals surface area contributed by atoms with Crippen molar-refractivity contribution in [2.75, 3.05) is 26.6 Å². The Morgan fingerprint density at radius 1 is 1.23 bits per heavy atom. The maximum absolute atomic E-state index is 5.54. The SMILES string of the molecule is CC(C)(C)c1nc2cc3c(cc2n1CCOCCN)OCO3. The number of rotatable bonds is 5. The van der Waals surface area contributed by atoms with Crippen LogP contribution in [-0.2, 0) is 16.7 Å². The van der Waals surface area contributed by atoms with Crippen molar-refractivity contribution in [1.82, 2.24) is 9.55 Å². The van der Waals surface area contributed by atoms with E-state index >= 15 is 0 Å². The summed E-state index contributed by atoms with van der Waals surface area (Å²) in [7, 11) is 0. The maximum atomic E-state index is 5.54. The van der Waals surface area contributed by atoms with Gasteiger partial charge in [-0.2, -0.15) is 0 Å². The topological polar surface area (TPSA) is 71.5 Å². The van der Waals surface area contributed by atoms with Crippen molar-refractivity contribution in [2.24, 2.45) is 5.73 Å². The summed E-state index contributed by atoms with van der Waals surface area (Å²) in [5, 5.41) is 0. The van der Waals surface area contributed by atoms with Crippen LogP contribution in [0.3, 0.4) is 0 Å². The van der Waals surface area contributed by atoms with Crippen LogP contribution in [0.5, 0.6) is 11.5 Å². The van der Waals surface area contributed by atoms with Gasteiger partial charge in [-0.05, 0) is 0 Å². The molecule has 0 unspecified atom stereocenters. The van der Waals surface area contributed by atoms with E-state index < -0.39 is 0 Å². The minimum absolute atomic E-state index is 0.0565. The fourth-order valence-electron chi connectivity index (χ4n) is 2.65. The van der Waals surface area contributed by atoms with Crippen molar-refractivity contribution in [1.29, 1.82) is 0 Å². The lowest BCUT2D eigenvalue weighted by molar-refractivity contribution is 0.133. The molecule has 0 saturated carbocycles. The fourth-order valence-corrected chi connectivity index (χ4v) is 2.65. The van der Waals surface area contributed by atoms with Crippen molar-refractivity contribution in [3.05, 3.63) is 18.0 Å². The van der Waals surface area contributed by atoms with Crippen LogP contribution in [0.25, 0.3) is 11.0 Å². The standard InChI is InChI=1S/C16H23N3O3/c1-16(2,3)15-18-11-8-13-14(22-10-21-13)9-12(11)19(15)5-7-20-6-4-17/h8-9H,4-7,10,17H2,1-3H3. The number of aromatic nitrogens is 2. The summed E-state index contributed by atoms with van der Waals surface area (Å²) in [6.45, 7) is 9.21. The number of nitrogens with two attached hydrogens (primary N) is 1. The van der Waals surface area contributed by atoms with Crippen LogP contribution < -0.4 is 15.2 Å². The zero-order valence-corrected chi connectivity index (χ0v) is 13.4. The van der Waals surface area contributed by atoms with Gasteiger partial charge in [0.15, 0.2) is 11.5 Å². The van der Waals surface area contributed by atoms with Crippen molar-refractivity contribution < 1.29 is 14.2 Å². The van der Waals surface area contributed by atoms with Crippen LogP contribution in [0.4, 0.5) is 0 Å². The van der Waals surface area contributed by atoms with Gasteiger partial charge in [-0.3, -0.25) is 0 Å². The van der Waals surface area contributed by atoms with Crippen LogP contribution in [0, 0.1) is 0 Å². The Morgan fingerprint density at radius 2 is 1.95 bits per heavy atom. The van der Waals surface area contributed by atoms with E-state index in [1.165, 1.54) is 0 Å². The minimum Gasteiger partial charge on any atom is -0.454 e. The second-order valence-corrected chi connectivity index (χ2v) is 6.43. The monoisotopic (exact) mass is 305 g/mol. The Labute approximate surface area is 130 Å². The molecule has 0 atom stereocenters. The lowest BCUT2D eigenvalue weighted by Crippen LogP contribution is -2.21. The maximum Gasteiger partial charge on any atom is 0.231 e. The second kappa shape index (κ2) is 5.78. The van der Waals surface area contributed by atoms with E-state index in [9.17, 15) is 0 Å². The highest BCUT2D eigenvalue weighted by Crippen LogP contribution is 2.37. The third-order valence-electron chi connectivity index (χ3n) is 3.63. The average Bonchev–Trinajstić information content (AvgIpc) is 3.04. The Kier molecular flexibility index (Phi) is 3.97. The lowest BCUT2D eigenvalue weighted by Gasteiger charge is -2.20. The smallest absolute Gasteiger partial charge is 0.231 e. The Hall–Kier alpha value is -1.79. The highest BCUT2D eigenvalue weighted by molar-refractivity contribution is 5.81. The van der Waals surface area contributed by atoms with Gasteiger partial charge in [0.1, 0.15) is 5.82 Å². The van der Waals surface area contributed by atoms with Gasteiger partial charge in [-0.15, -0.1) is 0 Å². The minimum atomic E-state index is -0.0565. The summed E-state index contributed by atoms with van der Waals surface area (Å²) >= 11 is 0. The molecule has 0 amide bonds. The van der Waals surface area contributed by atoms with Crippen molar-refractivity contribution >= 4 is 11.0 Å². The Morgan fingerprint density at radius 3 is 2.64 bits per heavy atom. The van der Waals surface area contributed by atoms with Gasteiger partial charge < -0.3 is 24.5 Å². The molecule has 3 rings (SSSR count). The number of hydrogen-bond donors (Lipinski definition) is 1. The molecule has 2 N–H and O–H groups in total. The molecule has 0 aliphatic carbocycles. The second-order valence-electron chi connectivity index (χ2n) is 6.43. The summed E-state index contributed by atoms with van der Waals surface area (Å²) < 4.78 is 18.7. The quantitative estimate of drug-likeness (QED) is 0.856. The molecule has 1 aromatic heterocycles. The molecular weight excluding hydrogens is 282 g/mol. The predicted octanol–water partition coefficient (Wildman–Crippen LogP) is 2.04. The predicted molar refractivity (Wildman–Crippen MR) is 84.4 cm³/mol. The first-order chi connectivity index (χ1) is 10.5. The third-order valence-corrected chi connectivity index (χ3v) is 3.63. The molecule has 0 fully saturated rings. The van der Waals surface area contributed by atoms with Crippen LogP contribution in [-0.4, -0.2) is 36.1 Å². The van der Waals surface area contributed by atoms with E-state index in [4.69, 9.17) is 24.9 Å². The van der Waals surface area contributed by atoms with Gasteiger partial charge in [0.05, 0.1) is 24.2 Å². The number of nitrogens with zero attached hydrogens (tertiary/aromatic N) is 2. The molecule has 0 saturated heterocycles. The molecule has 0 radical (unpaired) electrons. The fraction of sp³-hybridized carbons (Fsp3) is 0.562. The zero-order chi connectivity index (χ0) is 15.7. The highest BCUT2D eigenvalue weighted by Gasteiger charge is 2.25. The number of hydrogen-bond acceptors (Lipinski definition) is 5. The highest BCUT2D eigenvalue weighted by atomic mass is 16.7. The molecule has 1 aromatic carbocycles. The molecule has 0 bridgehead atoms. The Bertz CT molecular complexity index is 673. The largest absolute Gasteiger partial charge is 0.454 e. The first kappa shape index (κ1) is 15.1. The molecular formula is C16H23N3O3. The molecule has 120 valence electrons. The summed E-state index contributed by atoms with van der Waals surface area (Å²) in [4.78, 5) is 4.81. The van der Waals surface area contributed by atoms with Gasteiger partial charge in [0.2, 0.25) is 6.79 Å². The van der Waals surface area contributed by atoms with Gasteiger partial charge in [-0.1, -0.05) is 20.8 Å². The molecule has 6 nitrogen and oxygen atoms in total. The molecule has 2 heterocycles. The van der Waals surface area contributed by atoms with Crippen molar-refractivity contribution in [2.45, 2.75) is 32.7 Å². The number of fused-ring (bicyclic) bond motifs is 2. The molecule has 6 heteroatoms. The summed E-state index contributed by atoms with van der Waals surface area (Å²) in [5.74, 6) is 2.57. The van der Waals surface area contributed by atoms with Gasteiger partial charge >= 0.3 is 0 Å². The van der Waals surface area contributed by atoms with E-state index in [1.807, 2.05) is 12.1 Å². The molecule has 22 heavy (non-hydrogen) atoms. The van der Waals surface area contributed by atoms with Gasteiger partial charge in [-0.25, -0.2) is 4.98 Å². The average molecular weight is 305 g/mol. The van der Waals surface area contributed by atoms with Crippen LogP contribution in [0.15, 0.2) is 12.1 Å². The van der Waals surface area contributed by atoms with Gasteiger partial charge in [0, 0.05) is 30.6 Å². The first-order valence-corrected chi connectivity index (χ1v) is 7.59. The van der Waals surface area contributed by atoms with Crippen molar-refractivity contribution in [3.8, 4) is 11.5 Å². The lowest BCUT2D eigenvalue weighted by atomic mass is 9.95. The molecule has 2 aromatic rings.